The Morgan fingerprint density at radius 1 is 1.35 bits per heavy atom. The molecule has 1 aromatic carbocycles. The van der Waals surface area contributed by atoms with Crippen molar-refractivity contribution in [1.82, 2.24) is 0 Å². The minimum absolute atomic E-state index is 0.124. The Kier molecular flexibility index (Phi) is 6.15. The molecule has 17 heavy (non-hydrogen) atoms. The molecule has 0 radical (unpaired) electrons. The van der Waals surface area contributed by atoms with Gasteiger partial charge in [0.15, 0.2) is 0 Å². The molecule has 0 atom stereocenters. The van der Waals surface area contributed by atoms with Gasteiger partial charge < -0.3 is 9.47 Å². The molecule has 0 amide bonds. The van der Waals surface area contributed by atoms with Crippen LogP contribution < -0.4 is 4.74 Å². The van der Waals surface area contributed by atoms with Crippen LogP contribution in [-0.2, 0) is 16.0 Å². The summed E-state index contributed by atoms with van der Waals surface area (Å²) in [7, 11) is 1.64. The second-order valence-electron chi connectivity index (χ2n) is 3.93. The van der Waals surface area contributed by atoms with Gasteiger partial charge in [-0.2, -0.15) is 0 Å². The van der Waals surface area contributed by atoms with Gasteiger partial charge in [-0.15, -0.1) is 0 Å². The van der Waals surface area contributed by atoms with Crippen molar-refractivity contribution in [3.8, 4) is 5.75 Å². The number of esters is 1. The lowest BCUT2D eigenvalue weighted by molar-refractivity contribution is -0.143. The SMILES string of the molecule is CCCCOC(=O)CCc1cccc(OC)c1. The number of unbranched alkanes of at least 4 members (excludes halogenated alkanes) is 1. The van der Waals surface area contributed by atoms with Crippen molar-refractivity contribution in [2.75, 3.05) is 13.7 Å². The second kappa shape index (κ2) is 7.71. The summed E-state index contributed by atoms with van der Waals surface area (Å²) in [6.07, 6.45) is 3.10. The van der Waals surface area contributed by atoms with Crippen molar-refractivity contribution in [3.63, 3.8) is 0 Å². The third-order valence-corrected chi connectivity index (χ3v) is 2.51. The summed E-state index contributed by atoms with van der Waals surface area (Å²) >= 11 is 0. The summed E-state index contributed by atoms with van der Waals surface area (Å²) in [6.45, 7) is 2.61. The van der Waals surface area contributed by atoms with Crippen molar-refractivity contribution < 1.29 is 14.3 Å². The maximum atomic E-state index is 11.4. The number of hydrogen-bond acceptors (Lipinski definition) is 3. The van der Waals surface area contributed by atoms with Crippen LogP contribution in [0, 0.1) is 0 Å². The number of benzene rings is 1. The van der Waals surface area contributed by atoms with Crippen molar-refractivity contribution in [1.29, 1.82) is 0 Å². The van der Waals surface area contributed by atoms with Crippen LogP contribution in [0.25, 0.3) is 0 Å². The van der Waals surface area contributed by atoms with Crippen LogP contribution in [0.1, 0.15) is 31.7 Å². The van der Waals surface area contributed by atoms with Gasteiger partial charge in [0.05, 0.1) is 13.7 Å². The van der Waals surface area contributed by atoms with Gasteiger partial charge >= 0.3 is 5.97 Å². The first-order chi connectivity index (χ1) is 8.26. The lowest BCUT2D eigenvalue weighted by atomic mass is 10.1. The molecular weight excluding hydrogens is 216 g/mol. The number of carbonyl (C=O) groups is 1. The molecule has 0 spiro atoms. The minimum atomic E-state index is -0.124. The number of methoxy groups -OCH3 is 1. The molecule has 94 valence electrons. The topological polar surface area (TPSA) is 35.5 Å². The van der Waals surface area contributed by atoms with Crippen LogP contribution in [0.5, 0.6) is 5.75 Å². The highest BCUT2D eigenvalue weighted by atomic mass is 16.5. The van der Waals surface area contributed by atoms with Gasteiger partial charge in [-0.25, -0.2) is 0 Å². The molecule has 0 bridgehead atoms. The zero-order valence-electron chi connectivity index (χ0n) is 10.6. The lowest BCUT2D eigenvalue weighted by Crippen LogP contribution is -2.06. The number of rotatable bonds is 7. The Bertz CT molecular complexity index is 347. The van der Waals surface area contributed by atoms with Gasteiger partial charge in [-0.1, -0.05) is 25.5 Å². The average molecular weight is 236 g/mol. The Labute approximate surface area is 103 Å². The third-order valence-electron chi connectivity index (χ3n) is 2.51. The van der Waals surface area contributed by atoms with Crippen LogP contribution in [-0.4, -0.2) is 19.7 Å². The number of aryl methyl sites for hydroxylation is 1. The molecule has 1 aromatic rings. The summed E-state index contributed by atoms with van der Waals surface area (Å²) in [5.74, 6) is 0.697. The van der Waals surface area contributed by atoms with Crippen LogP contribution in [0.4, 0.5) is 0 Å². The standard InChI is InChI=1S/C14H20O3/c1-3-4-10-17-14(15)9-8-12-6-5-7-13(11-12)16-2/h5-7,11H,3-4,8-10H2,1-2H3. The van der Waals surface area contributed by atoms with E-state index >= 15 is 0 Å². The van der Waals surface area contributed by atoms with E-state index in [9.17, 15) is 4.79 Å². The molecule has 0 aliphatic heterocycles. The molecule has 0 saturated heterocycles. The second-order valence-corrected chi connectivity index (χ2v) is 3.93. The third kappa shape index (κ3) is 5.38. The van der Waals surface area contributed by atoms with Gasteiger partial charge in [0.1, 0.15) is 5.75 Å². The highest BCUT2D eigenvalue weighted by Crippen LogP contribution is 2.14. The molecule has 3 nitrogen and oxygen atoms in total. The first-order valence-corrected chi connectivity index (χ1v) is 6.04. The number of carbonyl (C=O) groups excluding carboxylic acids is 1. The quantitative estimate of drug-likeness (QED) is 0.539. The summed E-state index contributed by atoms with van der Waals surface area (Å²) in [6, 6.07) is 7.75. The summed E-state index contributed by atoms with van der Waals surface area (Å²) in [5, 5.41) is 0. The van der Waals surface area contributed by atoms with E-state index in [0.29, 0.717) is 19.4 Å². The van der Waals surface area contributed by atoms with Crippen LogP contribution in [0.15, 0.2) is 24.3 Å². The molecular formula is C14H20O3. The maximum Gasteiger partial charge on any atom is 0.306 e. The van der Waals surface area contributed by atoms with Gasteiger partial charge in [-0.05, 0) is 30.5 Å². The van der Waals surface area contributed by atoms with E-state index in [0.717, 1.165) is 24.2 Å². The Morgan fingerprint density at radius 3 is 2.88 bits per heavy atom. The van der Waals surface area contributed by atoms with E-state index in [4.69, 9.17) is 9.47 Å². The van der Waals surface area contributed by atoms with Crippen molar-refractivity contribution in [2.24, 2.45) is 0 Å². The van der Waals surface area contributed by atoms with E-state index in [2.05, 4.69) is 6.92 Å². The first kappa shape index (κ1) is 13.6. The molecule has 0 saturated carbocycles. The molecule has 0 heterocycles. The predicted molar refractivity (Wildman–Crippen MR) is 67.2 cm³/mol. The molecule has 0 unspecified atom stereocenters. The monoisotopic (exact) mass is 236 g/mol. The Balaban J connectivity index is 2.31. The predicted octanol–water partition coefficient (Wildman–Crippen LogP) is 2.97. The van der Waals surface area contributed by atoms with E-state index in [-0.39, 0.29) is 5.97 Å². The van der Waals surface area contributed by atoms with Crippen molar-refractivity contribution in [3.05, 3.63) is 29.8 Å². The smallest absolute Gasteiger partial charge is 0.306 e. The molecule has 3 heteroatoms. The fraction of sp³-hybridized carbons (Fsp3) is 0.500. The van der Waals surface area contributed by atoms with Crippen LogP contribution in [0.3, 0.4) is 0 Å². The molecule has 0 aromatic heterocycles. The molecule has 0 fully saturated rings. The molecule has 0 aliphatic carbocycles. The highest BCUT2D eigenvalue weighted by molar-refractivity contribution is 5.69. The zero-order valence-corrected chi connectivity index (χ0v) is 10.6. The fourth-order valence-electron chi connectivity index (χ4n) is 1.48. The number of hydrogen-bond donors (Lipinski definition) is 0. The minimum Gasteiger partial charge on any atom is -0.497 e. The molecule has 0 aliphatic rings. The molecule has 0 N–H and O–H groups in total. The summed E-state index contributed by atoms with van der Waals surface area (Å²) in [5.41, 5.74) is 1.09. The Morgan fingerprint density at radius 2 is 2.18 bits per heavy atom. The first-order valence-electron chi connectivity index (χ1n) is 6.04. The average Bonchev–Trinajstić information content (AvgIpc) is 2.37. The zero-order chi connectivity index (χ0) is 12.5. The lowest BCUT2D eigenvalue weighted by Gasteiger charge is -2.05. The van der Waals surface area contributed by atoms with Gasteiger partial charge in [0.2, 0.25) is 0 Å². The number of ether oxygens (including phenoxy) is 2. The van der Waals surface area contributed by atoms with Gasteiger partial charge in [-0.3, -0.25) is 4.79 Å². The van der Waals surface area contributed by atoms with Crippen LogP contribution in [0.2, 0.25) is 0 Å². The van der Waals surface area contributed by atoms with Crippen molar-refractivity contribution >= 4 is 5.97 Å². The van der Waals surface area contributed by atoms with E-state index in [1.165, 1.54) is 0 Å². The largest absolute Gasteiger partial charge is 0.497 e. The van der Waals surface area contributed by atoms with E-state index < -0.39 is 0 Å². The Hall–Kier alpha value is -1.51. The van der Waals surface area contributed by atoms with Gasteiger partial charge in [0, 0.05) is 6.42 Å². The summed E-state index contributed by atoms with van der Waals surface area (Å²) < 4.78 is 10.2. The van der Waals surface area contributed by atoms with Gasteiger partial charge in [0.25, 0.3) is 0 Å². The van der Waals surface area contributed by atoms with Crippen molar-refractivity contribution in [2.45, 2.75) is 32.6 Å². The normalized spacial score (nSPS) is 10.0. The van der Waals surface area contributed by atoms with E-state index in [1.54, 1.807) is 7.11 Å². The fourth-order valence-corrected chi connectivity index (χ4v) is 1.48. The van der Waals surface area contributed by atoms with Crippen LogP contribution >= 0.6 is 0 Å². The highest BCUT2D eigenvalue weighted by Gasteiger charge is 2.04. The summed E-state index contributed by atoms with van der Waals surface area (Å²) in [4.78, 5) is 11.4. The molecule has 1 rings (SSSR count). The van der Waals surface area contributed by atoms with E-state index in [1.807, 2.05) is 24.3 Å². The maximum absolute atomic E-state index is 11.4.